The van der Waals surface area contributed by atoms with E-state index in [1.807, 2.05) is 6.92 Å². The summed E-state index contributed by atoms with van der Waals surface area (Å²) in [6.07, 6.45) is -0.789. The van der Waals surface area contributed by atoms with Gasteiger partial charge in [-0.05, 0) is 50.2 Å². The Balaban J connectivity index is 2.04. The summed E-state index contributed by atoms with van der Waals surface area (Å²) in [4.78, 5) is 23.0. The van der Waals surface area contributed by atoms with Crippen LogP contribution < -0.4 is 15.6 Å². The number of amides is 2. The molecule has 0 saturated heterocycles. The van der Waals surface area contributed by atoms with Crippen molar-refractivity contribution in [2.75, 3.05) is 11.3 Å². The molecule has 2 rings (SSSR count). The number of benzene rings is 2. The lowest BCUT2D eigenvalue weighted by Crippen LogP contribution is -2.41. The molecule has 2 aromatic carbocycles. The van der Waals surface area contributed by atoms with E-state index in [-0.39, 0.29) is 17.1 Å². The molecule has 8 nitrogen and oxygen atoms in total. The molecule has 0 aliphatic rings. The van der Waals surface area contributed by atoms with Crippen LogP contribution in [0.2, 0.25) is 0 Å². The monoisotopic (exact) mass is 377 g/mol. The van der Waals surface area contributed by atoms with Gasteiger partial charge in [0.25, 0.3) is 15.9 Å². The van der Waals surface area contributed by atoms with Crippen molar-refractivity contribution in [3.05, 3.63) is 59.7 Å². The summed E-state index contributed by atoms with van der Waals surface area (Å²) in [6, 6.07) is 12.2. The fourth-order valence-corrected chi connectivity index (χ4v) is 3.03. The highest BCUT2D eigenvalue weighted by Crippen LogP contribution is 2.17. The third-order valence-electron chi connectivity index (χ3n) is 3.28. The molecule has 9 heteroatoms. The van der Waals surface area contributed by atoms with Crippen molar-refractivity contribution < 1.29 is 22.7 Å². The van der Waals surface area contributed by atoms with Crippen molar-refractivity contribution in [3.63, 3.8) is 0 Å². The van der Waals surface area contributed by atoms with Gasteiger partial charge in [0, 0.05) is 11.3 Å². The maximum atomic E-state index is 12.4. The zero-order valence-electron chi connectivity index (χ0n) is 14.3. The van der Waals surface area contributed by atoms with Gasteiger partial charge in [-0.2, -0.15) is 0 Å². The number of hydrogen-bond acceptors (Lipinski definition) is 5. The van der Waals surface area contributed by atoms with Gasteiger partial charge in [0.15, 0.2) is 0 Å². The average molecular weight is 377 g/mol. The third-order valence-corrected chi connectivity index (χ3v) is 4.68. The van der Waals surface area contributed by atoms with Crippen LogP contribution in [0.1, 0.15) is 22.8 Å². The molecule has 0 radical (unpaired) electrons. The summed E-state index contributed by atoms with van der Waals surface area (Å²) in [5, 5.41) is 0. The van der Waals surface area contributed by atoms with Gasteiger partial charge in [-0.3, -0.25) is 14.9 Å². The summed E-state index contributed by atoms with van der Waals surface area (Å²) in [7, 11) is -3.77. The van der Waals surface area contributed by atoms with Crippen molar-refractivity contribution in [2.24, 2.45) is 0 Å². The molecule has 0 saturated carbocycles. The van der Waals surface area contributed by atoms with Crippen molar-refractivity contribution in [1.82, 2.24) is 10.9 Å². The first-order valence-corrected chi connectivity index (χ1v) is 9.23. The molecule has 0 atom stereocenters. The molecule has 3 N–H and O–H groups in total. The van der Waals surface area contributed by atoms with E-state index < -0.39 is 22.0 Å². The van der Waals surface area contributed by atoms with Gasteiger partial charge >= 0.3 is 6.09 Å². The standard InChI is InChI=1S/C17H19N3O5S/c1-3-25-17(22)19-18-16(21)13-6-10-15(11-7-13)26(23,24)20-14-8-4-12(2)5-9-14/h4-11,20H,3H2,1-2H3,(H,18,21)(H,19,22). The molecule has 0 spiro atoms. The van der Waals surface area contributed by atoms with E-state index in [0.717, 1.165) is 5.56 Å². The molecule has 0 aliphatic carbocycles. The Morgan fingerprint density at radius 2 is 1.58 bits per heavy atom. The molecule has 0 aromatic heterocycles. The lowest BCUT2D eigenvalue weighted by atomic mass is 10.2. The summed E-state index contributed by atoms with van der Waals surface area (Å²) in [5.74, 6) is -0.603. The predicted octanol–water partition coefficient (Wildman–Crippen LogP) is 2.19. The first-order chi connectivity index (χ1) is 12.3. The highest BCUT2D eigenvalue weighted by Gasteiger charge is 2.15. The fraction of sp³-hybridized carbons (Fsp3) is 0.176. The first kappa shape index (κ1) is 19.3. The van der Waals surface area contributed by atoms with Crippen molar-refractivity contribution in [1.29, 1.82) is 0 Å². The lowest BCUT2D eigenvalue weighted by Gasteiger charge is -2.10. The van der Waals surface area contributed by atoms with E-state index in [1.165, 1.54) is 24.3 Å². The molecule has 0 bridgehead atoms. The van der Waals surface area contributed by atoms with Crippen LogP contribution in [0.25, 0.3) is 0 Å². The quantitative estimate of drug-likeness (QED) is 0.691. The lowest BCUT2D eigenvalue weighted by molar-refractivity contribution is 0.0912. The first-order valence-electron chi connectivity index (χ1n) is 7.74. The number of carbonyl (C=O) groups is 2. The molecule has 138 valence electrons. The maximum absolute atomic E-state index is 12.4. The van der Waals surface area contributed by atoms with Crippen LogP contribution >= 0.6 is 0 Å². The minimum absolute atomic E-state index is 0.00739. The zero-order chi connectivity index (χ0) is 19.2. The van der Waals surface area contributed by atoms with Crippen molar-refractivity contribution in [3.8, 4) is 0 Å². The minimum Gasteiger partial charge on any atom is -0.449 e. The highest BCUT2D eigenvalue weighted by atomic mass is 32.2. The maximum Gasteiger partial charge on any atom is 0.426 e. The van der Waals surface area contributed by atoms with Crippen LogP contribution in [0, 0.1) is 6.92 Å². The summed E-state index contributed by atoms with van der Waals surface area (Å²) >= 11 is 0. The van der Waals surface area contributed by atoms with E-state index in [9.17, 15) is 18.0 Å². The van der Waals surface area contributed by atoms with Crippen molar-refractivity contribution in [2.45, 2.75) is 18.7 Å². The Labute approximate surface area is 151 Å². The third kappa shape index (κ3) is 5.21. The number of rotatable bonds is 5. The second kappa shape index (κ2) is 8.34. The summed E-state index contributed by atoms with van der Waals surface area (Å²) in [5.41, 5.74) is 5.86. The predicted molar refractivity (Wildman–Crippen MR) is 96.1 cm³/mol. The molecule has 0 heterocycles. The Bertz CT molecular complexity index is 878. The summed E-state index contributed by atoms with van der Waals surface area (Å²) < 4.78 is 31.8. The van der Waals surface area contributed by atoms with Crippen LogP contribution in [0.4, 0.5) is 10.5 Å². The van der Waals surface area contributed by atoms with Crippen LogP contribution in [-0.2, 0) is 14.8 Å². The van der Waals surface area contributed by atoms with Gasteiger partial charge < -0.3 is 4.74 Å². The number of anilines is 1. The van der Waals surface area contributed by atoms with E-state index >= 15 is 0 Å². The topological polar surface area (TPSA) is 114 Å². The normalized spacial score (nSPS) is 10.7. The molecule has 2 amide bonds. The van der Waals surface area contributed by atoms with Crippen LogP contribution in [0.5, 0.6) is 0 Å². The average Bonchev–Trinajstić information content (AvgIpc) is 2.62. The summed E-state index contributed by atoms with van der Waals surface area (Å²) in [6.45, 7) is 3.70. The molecular formula is C17H19N3O5S. The van der Waals surface area contributed by atoms with Crippen molar-refractivity contribution >= 4 is 27.7 Å². The van der Waals surface area contributed by atoms with E-state index in [1.54, 1.807) is 31.2 Å². The Kier molecular flexibility index (Phi) is 6.18. The van der Waals surface area contributed by atoms with Crippen LogP contribution in [0.3, 0.4) is 0 Å². The molecule has 0 fully saturated rings. The van der Waals surface area contributed by atoms with Gasteiger partial charge in [-0.1, -0.05) is 17.7 Å². The van der Waals surface area contributed by atoms with E-state index in [0.29, 0.717) is 5.69 Å². The van der Waals surface area contributed by atoms with Gasteiger partial charge in [-0.25, -0.2) is 18.6 Å². The SMILES string of the molecule is CCOC(=O)NNC(=O)c1ccc(S(=O)(=O)Nc2ccc(C)cc2)cc1. The zero-order valence-corrected chi connectivity index (χ0v) is 15.1. The van der Waals surface area contributed by atoms with Crippen LogP contribution in [0.15, 0.2) is 53.4 Å². The van der Waals surface area contributed by atoms with Gasteiger partial charge in [0.05, 0.1) is 11.5 Å². The van der Waals surface area contributed by atoms with Gasteiger partial charge in [0.1, 0.15) is 0 Å². The molecule has 26 heavy (non-hydrogen) atoms. The molecule has 0 aliphatic heterocycles. The van der Waals surface area contributed by atoms with Crippen LogP contribution in [-0.4, -0.2) is 27.0 Å². The number of sulfonamides is 1. The number of nitrogens with one attached hydrogen (secondary N) is 3. The Morgan fingerprint density at radius 3 is 2.15 bits per heavy atom. The Morgan fingerprint density at radius 1 is 0.962 bits per heavy atom. The minimum atomic E-state index is -3.77. The number of aryl methyl sites for hydroxylation is 1. The van der Waals surface area contributed by atoms with Gasteiger partial charge in [0.2, 0.25) is 0 Å². The smallest absolute Gasteiger partial charge is 0.426 e. The second-order valence-electron chi connectivity index (χ2n) is 5.30. The highest BCUT2D eigenvalue weighted by molar-refractivity contribution is 7.92. The molecular weight excluding hydrogens is 358 g/mol. The number of hydrogen-bond donors (Lipinski definition) is 3. The largest absolute Gasteiger partial charge is 0.449 e. The van der Waals surface area contributed by atoms with Gasteiger partial charge in [-0.15, -0.1) is 0 Å². The number of hydrazine groups is 1. The fourth-order valence-electron chi connectivity index (χ4n) is 1.97. The number of ether oxygens (including phenoxy) is 1. The second-order valence-corrected chi connectivity index (χ2v) is 6.98. The number of carbonyl (C=O) groups excluding carboxylic acids is 2. The van der Waals surface area contributed by atoms with E-state index in [2.05, 4.69) is 20.3 Å². The Hall–Kier alpha value is -3.07. The molecule has 0 unspecified atom stereocenters. The van der Waals surface area contributed by atoms with E-state index in [4.69, 9.17) is 0 Å². The molecule has 2 aromatic rings.